The summed E-state index contributed by atoms with van der Waals surface area (Å²) in [5.74, 6) is 0. The molecule has 0 fully saturated rings. The second-order valence-corrected chi connectivity index (χ2v) is 6.39. The van der Waals surface area contributed by atoms with Crippen molar-refractivity contribution < 1.29 is 0 Å². The van der Waals surface area contributed by atoms with Gasteiger partial charge in [0.2, 0.25) is 0 Å². The Morgan fingerprint density at radius 1 is 1.19 bits per heavy atom. The van der Waals surface area contributed by atoms with Crippen molar-refractivity contribution in [3.8, 4) is 6.07 Å². The maximum Gasteiger partial charge on any atom is 0.102 e. The van der Waals surface area contributed by atoms with Crippen molar-refractivity contribution in [1.82, 2.24) is 4.98 Å². The van der Waals surface area contributed by atoms with Crippen molar-refractivity contribution >= 4 is 22.6 Å². The van der Waals surface area contributed by atoms with E-state index in [1.165, 1.54) is 29.7 Å². The Hall–Kier alpha value is -2.12. The monoisotopic (exact) mass is 295 g/mol. The van der Waals surface area contributed by atoms with E-state index in [9.17, 15) is 5.26 Å². The molecule has 0 aromatic carbocycles. The summed E-state index contributed by atoms with van der Waals surface area (Å²) in [5, 5.41) is 9.46. The summed E-state index contributed by atoms with van der Waals surface area (Å²) in [6.07, 6.45) is 9.46. The molecule has 4 heteroatoms. The van der Waals surface area contributed by atoms with Gasteiger partial charge in [-0.15, -0.1) is 11.3 Å². The van der Waals surface area contributed by atoms with Crippen molar-refractivity contribution in [2.75, 3.05) is 0 Å². The van der Waals surface area contributed by atoms with Gasteiger partial charge in [-0.3, -0.25) is 4.98 Å². The van der Waals surface area contributed by atoms with Gasteiger partial charge in [0, 0.05) is 17.3 Å². The van der Waals surface area contributed by atoms with Crippen LogP contribution in [-0.4, -0.2) is 4.98 Å². The number of hydrogen-bond donors (Lipinski definition) is 1. The Morgan fingerprint density at radius 3 is 2.71 bits per heavy atom. The largest absolute Gasteiger partial charge is 0.396 e. The molecule has 0 amide bonds. The molecular formula is C17H17N3S. The highest BCUT2D eigenvalue weighted by Crippen LogP contribution is 2.33. The number of hydrogen-bond acceptors (Lipinski definition) is 4. The molecule has 0 aliphatic heterocycles. The standard InChI is InChI=1S/C17H17N3S/c18-11-14(12-6-8-20-9-7-12)17(19)16-10-13-4-2-1-3-5-15(13)21-16/h6-10H,1-5,19H2/b17-14-. The molecule has 106 valence electrons. The van der Waals surface area contributed by atoms with Crippen LogP contribution in [0, 0.1) is 11.3 Å². The molecule has 0 bridgehead atoms. The third-order valence-electron chi connectivity index (χ3n) is 3.86. The molecule has 0 atom stereocenters. The van der Waals surface area contributed by atoms with E-state index in [-0.39, 0.29) is 0 Å². The highest BCUT2D eigenvalue weighted by Gasteiger charge is 2.16. The highest BCUT2D eigenvalue weighted by atomic mass is 32.1. The van der Waals surface area contributed by atoms with Gasteiger partial charge in [-0.1, -0.05) is 6.42 Å². The van der Waals surface area contributed by atoms with Crippen molar-refractivity contribution in [2.45, 2.75) is 32.1 Å². The first-order valence-corrected chi connectivity index (χ1v) is 8.03. The molecule has 3 rings (SSSR count). The first-order chi connectivity index (χ1) is 10.3. The van der Waals surface area contributed by atoms with Gasteiger partial charge in [0.15, 0.2) is 0 Å². The van der Waals surface area contributed by atoms with Gasteiger partial charge < -0.3 is 5.73 Å². The van der Waals surface area contributed by atoms with E-state index in [1.807, 2.05) is 12.1 Å². The lowest BCUT2D eigenvalue weighted by Gasteiger charge is -2.03. The minimum Gasteiger partial charge on any atom is -0.396 e. The van der Waals surface area contributed by atoms with Gasteiger partial charge in [0.05, 0.1) is 16.1 Å². The summed E-state index contributed by atoms with van der Waals surface area (Å²) in [5.41, 5.74) is 9.65. The zero-order valence-electron chi connectivity index (χ0n) is 11.8. The minimum absolute atomic E-state index is 0.536. The normalized spacial score (nSPS) is 15.6. The van der Waals surface area contributed by atoms with Crippen LogP contribution in [0.1, 0.15) is 40.1 Å². The molecule has 21 heavy (non-hydrogen) atoms. The molecule has 2 N–H and O–H groups in total. The molecule has 2 aromatic rings. The lowest BCUT2D eigenvalue weighted by molar-refractivity contribution is 0.712. The van der Waals surface area contributed by atoms with E-state index in [2.05, 4.69) is 17.1 Å². The van der Waals surface area contributed by atoms with E-state index in [4.69, 9.17) is 5.73 Å². The fourth-order valence-corrected chi connectivity index (χ4v) is 3.94. The van der Waals surface area contributed by atoms with Gasteiger partial charge in [-0.05, 0) is 55.0 Å². The van der Waals surface area contributed by atoms with Crippen molar-refractivity contribution in [2.24, 2.45) is 5.73 Å². The predicted octanol–water partition coefficient (Wildman–Crippen LogP) is 3.76. The Balaban J connectivity index is 2.02. The van der Waals surface area contributed by atoms with Crippen LogP contribution in [-0.2, 0) is 12.8 Å². The van der Waals surface area contributed by atoms with Crippen LogP contribution in [0.25, 0.3) is 11.3 Å². The number of nitrogens with zero attached hydrogens (tertiary/aromatic N) is 2. The summed E-state index contributed by atoms with van der Waals surface area (Å²) in [4.78, 5) is 6.45. The Bertz CT molecular complexity index is 684. The van der Waals surface area contributed by atoms with Gasteiger partial charge in [-0.2, -0.15) is 5.26 Å². The molecule has 0 saturated heterocycles. The number of allylic oxidation sites excluding steroid dienone is 1. The van der Waals surface area contributed by atoms with Gasteiger partial charge in [-0.25, -0.2) is 0 Å². The fraction of sp³-hybridized carbons (Fsp3) is 0.294. The first-order valence-electron chi connectivity index (χ1n) is 7.22. The fourth-order valence-electron chi connectivity index (χ4n) is 2.72. The Morgan fingerprint density at radius 2 is 1.95 bits per heavy atom. The maximum absolute atomic E-state index is 9.46. The molecule has 0 spiro atoms. The average Bonchev–Trinajstić information content (AvgIpc) is 2.80. The average molecular weight is 295 g/mol. The zero-order valence-corrected chi connectivity index (χ0v) is 12.6. The summed E-state index contributed by atoms with van der Waals surface area (Å²) in [6.45, 7) is 0. The third kappa shape index (κ3) is 2.84. The Kier molecular flexibility index (Phi) is 4.03. The van der Waals surface area contributed by atoms with Crippen LogP contribution in [0.15, 0.2) is 30.6 Å². The topological polar surface area (TPSA) is 62.7 Å². The second kappa shape index (κ2) is 6.11. The molecule has 0 saturated carbocycles. The third-order valence-corrected chi connectivity index (χ3v) is 5.13. The zero-order chi connectivity index (χ0) is 14.7. The number of nitriles is 1. The van der Waals surface area contributed by atoms with Crippen LogP contribution in [0.3, 0.4) is 0 Å². The molecule has 2 heterocycles. The molecule has 1 aliphatic carbocycles. The van der Waals surface area contributed by atoms with Crippen LogP contribution < -0.4 is 5.73 Å². The van der Waals surface area contributed by atoms with E-state index in [0.29, 0.717) is 11.3 Å². The number of aromatic nitrogens is 1. The van der Waals surface area contributed by atoms with Crippen LogP contribution >= 0.6 is 11.3 Å². The van der Waals surface area contributed by atoms with E-state index >= 15 is 0 Å². The lowest BCUT2D eigenvalue weighted by atomic mass is 10.0. The summed E-state index contributed by atoms with van der Waals surface area (Å²) in [7, 11) is 0. The van der Waals surface area contributed by atoms with Crippen molar-refractivity contribution in [1.29, 1.82) is 5.26 Å². The Labute approximate surface area is 128 Å². The van der Waals surface area contributed by atoms with E-state index in [1.54, 1.807) is 23.7 Å². The number of rotatable bonds is 2. The van der Waals surface area contributed by atoms with Crippen molar-refractivity contribution in [3.05, 3.63) is 51.5 Å². The van der Waals surface area contributed by atoms with Crippen LogP contribution in [0.5, 0.6) is 0 Å². The van der Waals surface area contributed by atoms with E-state index < -0.39 is 0 Å². The molecule has 3 nitrogen and oxygen atoms in total. The van der Waals surface area contributed by atoms with Crippen LogP contribution in [0.4, 0.5) is 0 Å². The molecular weight excluding hydrogens is 278 g/mol. The number of aryl methyl sites for hydroxylation is 2. The first kappa shape index (κ1) is 13.8. The summed E-state index contributed by atoms with van der Waals surface area (Å²) < 4.78 is 0. The quantitative estimate of drug-likeness (QED) is 0.677. The maximum atomic E-state index is 9.46. The minimum atomic E-state index is 0.536. The molecule has 2 aromatic heterocycles. The molecule has 0 unspecified atom stereocenters. The van der Waals surface area contributed by atoms with Gasteiger partial charge in [0.1, 0.15) is 6.07 Å². The van der Waals surface area contributed by atoms with Gasteiger partial charge in [0.25, 0.3) is 0 Å². The number of nitrogens with two attached hydrogens (primary N) is 1. The molecule has 0 radical (unpaired) electrons. The van der Waals surface area contributed by atoms with Crippen molar-refractivity contribution in [3.63, 3.8) is 0 Å². The highest BCUT2D eigenvalue weighted by molar-refractivity contribution is 7.13. The number of thiophene rings is 1. The van der Waals surface area contributed by atoms with Gasteiger partial charge >= 0.3 is 0 Å². The number of pyridine rings is 1. The van der Waals surface area contributed by atoms with Crippen LogP contribution in [0.2, 0.25) is 0 Å². The summed E-state index contributed by atoms with van der Waals surface area (Å²) >= 11 is 1.75. The SMILES string of the molecule is N#C/C(=C(/N)c1cc2c(s1)CCCCC2)c1ccncc1. The molecule has 1 aliphatic rings. The second-order valence-electron chi connectivity index (χ2n) is 5.26. The van der Waals surface area contributed by atoms with E-state index in [0.717, 1.165) is 23.3 Å². The smallest absolute Gasteiger partial charge is 0.102 e. The predicted molar refractivity (Wildman–Crippen MR) is 86.4 cm³/mol. The lowest BCUT2D eigenvalue weighted by Crippen LogP contribution is -1.99. The summed E-state index contributed by atoms with van der Waals surface area (Å²) in [6, 6.07) is 8.07. The number of fused-ring (bicyclic) bond motifs is 1.